The van der Waals surface area contributed by atoms with Gasteiger partial charge in [-0.15, -0.1) is 0 Å². The van der Waals surface area contributed by atoms with Crippen LogP contribution in [0.25, 0.3) is 5.57 Å². The zero-order chi connectivity index (χ0) is 18.2. The molecule has 1 aliphatic rings. The zero-order valence-electron chi connectivity index (χ0n) is 13.5. The predicted octanol–water partition coefficient (Wildman–Crippen LogP) is 3.98. The van der Waals surface area contributed by atoms with Crippen LogP contribution in [-0.2, 0) is 11.0 Å². The Kier molecular flexibility index (Phi) is 4.29. The smallest absolute Gasteiger partial charge is 0.385 e. The Bertz CT molecular complexity index is 828. The molecule has 0 saturated carbocycles. The molecule has 1 unspecified atom stereocenters. The summed E-state index contributed by atoms with van der Waals surface area (Å²) in [4.78, 5) is 14.7. The summed E-state index contributed by atoms with van der Waals surface area (Å²) in [5.74, 6) is -0.0782. The van der Waals surface area contributed by atoms with Crippen LogP contribution in [-0.4, -0.2) is 17.2 Å². The number of hydrogen-bond donors (Lipinski definition) is 1. The van der Waals surface area contributed by atoms with Gasteiger partial charge in [-0.25, -0.2) is 0 Å². The summed E-state index contributed by atoms with van der Waals surface area (Å²) in [5, 5.41) is 0. The normalized spacial score (nSPS) is 18.2. The SMILES string of the molecule is CCN1C(N)=C(c2cccc(C(F)(F)F)c2)C(=O)C1c1ccccc1. The predicted molar refractivity (Wildman–Crippen MR) is 89.1 cm³/mol. The largest absolute Gasteiger partial charge is 0.416 e. The van der Waals surface area contributed by atoms with E-state index in [4.69, 9.17) is 5.73 Å². The number of nitrogens with two attached hydrogens (primary N) is 1. The molecule has 130 valence electrons. The molecular formula is C19H17F3N2O. The van der Waals surface area contributed by atoms with Crippen LogP contribution in [0.15, 0.2) is 60.4 Å². The third-order valence-electron chi connectivity index (χ3n) is 4.31. The first-order chi connectivity index (χ1) is 11.8. The van der Waals surface area contributed by atoms with Gasteiger partial charge in [0.25, 0.3) is 0 Å². The van der Waals surface area contributed by atoms with Crippen molar-refractivity contribution in [2.24, 2.45) is 5.73 Å². The first kappa shape index (κ1) is 17.1. The Balaban J connectivity index is 2.08. The van der Waals surface area contributed by atoms with Crippen LogP contribution in [0.2, 0.25) is 0 Å². The van der Waals surface area contributed by atoms with Crippen molar-refractivity contribution in [2.45, 2.75) is 19.1 Å². The standard InChI is InChI=1S/C19H17F3N2O/c1-2-24-16(12-7-4-3-5-8-12)17(25)15(18(24)23)13-9-6-10-14(11-13)19(20,21)22/h3-11,16H,2,23H2,1H3. The number of carbonyl (C=O) groups excluding carboxylic acids is 1. The van der Waals surface area contributed by atoms with E-state index in [1.807, 2.05) is 37.3 Å². The van der Waals surface area contributed by atoms with Crippen LogP contribution < -0.4 is 5.73 Å². The van der Waals surface area contributed by atoms with E-state index < -0.39 is 17.8 Å². The van der Waals surface area contributed by atoms with Gasteiger partial charge in [0.2, 0.25) is 0 Å². The number of halogens is 3. The Morgan fingerprint density at radius 3 is 2.36 bits per heavy atom. The van der Waals surface area contributed by atoms with Gasteiger partial charge in [-0.2, -0.15) is 13.2 Å². The highest BCUT2D eigenvalue weighted by Gasteiger charge is 2.40. The maximum atomic E-state index is 13.0. The summed E-state index contributed by atoms with van der Waals surface area (Å²) in [6.07, 6.45) is -4.48. The van der Waals surface area contributed by atoms with Gasteiger partial charge < -0.3 is 10.6 Å². The number of alkyl halides is 3. The molecule has 0 aliphatic carbocycles. The molecule has 1 atom stereocenters. The van der Waals surface area contributed by atoms with Gasteiger partial charge in [-0.1, -0.05) is 42.5 Å². The zero-order valence-corrected chi connectivity index (χ0v) is 13.5. The van der Waals surface area contributed by atoms with Crippen molar-refractivity contribution < 1.29 is 18.0 Å². The topological polar surface area (TPSA) is 46.3 Å². The van der Waals surface area contributed by atoms with E-state index in [9.17, 15) is 18.0 Å². The van der Waals surface area contributed by atoms with Gasteiger partial charge in [0.15, 0.2) is 5.78 Å². The third kappa shape index (κ3) is 2.99. The van der Waals surface area contributed by atoms with Crippen molar-refractivity contribution in [3.63, 3.8) is 0 Å². The first-order valence-corrected chi connectivity index (χ1v) is 7.87. The summed E-state index contributed by atoms with van der Waals surface area (Å²) >= 11 is 0. The molecule has 25 heavy (non-hydrogen) atoms. The number of benzene rings is 2. The quantitative estimate of drug-likeness (QED) is 0.914. The monoisotopic (exact) mass is 346 g/mol. The molecular weight excluding hydrogens is 329 g/mol. The van der Waals surface area contributed by atoms with Gasteiger partial charge in [0.05, 0.1) is 11.1 Å². The fraction of sp³-hybridized carbons (Fsp3) is 0.211. The van der Waals surface area contributed by atoms with Gasteiger partial charge in [-0.3, -0.25) is 4.79 Å². The van der Waals surface area contributed by atoms with E-state index in [2.05, 4.69) is 0 Å². The Morgan fingerprint density at radius 1 is 1.08 bits per heavy atom. The van der Waals surface area contributed by atoms with Crippen molar-refractivity contribution in [1.29, 1.82) is 0 Å². The molecule has 0 fully saturated rings. The molecule has 1 aliphatic heterocycles. The van der Waals surface area contributed by atoms with Crippen LogP contribution in [0, 0.1) is 0 Å². The minimum atomic E-state index is -4.48. The second-order valence-corrected chi connectivity index (χ2v) is 5.80. The van der Waals surface area contributed by atoms with Crippen LogP contribution >= 0.6 is 0 Å². The first-order valence-electron chi connectivity index (χ1n) is 7.87. The molecule has 3 nitrogen and oxygen atoms in total. The molecule has 1 heterocycles. The lowest BCUT2D eigenvalue weighted by Gasteiger charge is -2.25. The fourth-order valence-corrected chi connectivity index (χ4v) is 3.15. The average Bonchev–Trinajstić information content (AvgIpc) is 2.85. The molecule has 0 amide bonds. The number of rotatable bonds is 3. The fourth-order valence-electron chi connectivity index (χ4n) is 3.15. The second kappa shape index (κ2) is 6.27. The minimum absolute atomic E-state index is 0.141. The number of nitrogens with zero attached hydrogens (tertiary/aromatic N) is 1. The van der Waals surface area contributed by atoms with E-state index in [-0.39, 0.29) is 22.7 Å². The Labute approximate surface area is 143 Å². The van der Waals surface area contributed by atoms with Crippen molar-refractivity contribution >= 4 is 11.4 Å². The van der Waals surface area contributed by atoms with Crippen molar-refractivity contribution in [2.75, 3.05) is 6.54 Å². The molecule has 0 aromatic heterocycles. The number of likely N-dealkylation sites (N-methyl/N-ethyl adjacent to an activating group) is 1. The molecule has 0 bridgehead atoms. The maximum Gasteiger partial charge on any atom is 0.416 e. The highest BCUT2D eigenvalue weighted by Crippen LogP contribution is 2.40. The summed E-state index contributed by atoms with van der Waals surface area (Å²) < 4.78 is 39.0. The van der Waals surface area contributed by atoms with Crippen molar-refractivity contribution in [3.8, 4) is 0 Å². The van der Waals surface area contributed by atoms with Gasteiger partial charge in [0, 0.05) is 6.54 Å². The van der Waals surface area contributed by atoms with Crippen LogP contribution in [0.1, 0.15) is 29.7 Å². The summed E-state index contributed by atoms with van der Waals surface area (Å²) in [7, 11) is 0. The summed E-state index contributed by atoms with van der Waals surface area (Å²) in [6, 6.07) is 13.2. The summed E-state index contributed by atoms with van der Waals surface area (Å²) in [6.45, 7) is 2.32. The molecule has 2 N–H and O–H groups in total. The van der Waals surface area contributed by atoms with Crippen molar-refractivity contribution in [1.82, 2.24) is 4.90 Å². The lowest BCUT2D eigenvalue weighted by atomic mass is 9.95. The molecule has 2 aromatic rings. The number of Topliss-reactive ketones (excluding diaryl/α,β-unsaturated/α-hetero) is 1. The van der Waals surface area contributed by atoms with E-state index in [1.54, 1.807) is 4.90 Å². The van der Waals surface area contributed by atoms with Crippen molar-refractivity contribution in [3.05, 3.63) is 77.1 Å². The van der Waals surface area contributed by atoms with E-state index in [1.165, 1.54) is 12.1 Å². The molecule has 6 heteroatoms. The highest BCUT2D eigenvalue weighted by atomic mass is 19.4. The molecule has 0 spiro atoms. The number of ketones is 1. The Morgan fingerprint density at radius 2 is 1.76 bits per heavy atom. The van der Waals surface area contributed by atoms with E-state index >= 15 is 0 Å². The lowest BCUT2D eigenvalue weighted by Crippen LogP contribution is -2.29. The molecule has 3 rings (SSSR count). The lowest BCUT2D eigenvalue weighted by molar-refractivity contribution is -0.137. The molecule has 2 aromatic carbocycles. The molecule has 0 saturated heterocycles. The van der Waals surface area contributed by atoms with Gasteiger partial charge in [-0.05, 0) is 30.2 Å². The van der Waals surface area contributed by atoms with Crippen LogP contribution in [0.5, 0.6) is 0 Å². The Hall–Kier alpha value is -2.76. The number of hydrogen-bond acceptors (Lipinski definition) is 3. The minimum Gasteiger partial charge on any atom is -0.385 e. The summed E-state index contributed by atoms with van der Waals surface area (Å²) in [5.41, 5.74) is 6.44. The maximum absolute atomic E-state index is 13.0. The van der Waals surface area contributed by atoms with E-state index in [0.29, 0.717) is 6.54 Å². The van der Waals surface area contributed by atoms with Gasteiger partial charge in [0.1, 0.15) is 11.9 Å². The number of carbonyl (C=O) groups is 1. The molecule has 0 radical (unpaired) electrons. The van der Waals surface area contributed by atoms with Crippen LogP contribution in [0.3, 0.4) is 0 Å². The van der Waals surface area contributed by atoms with E-state index in [0.717, 1.165) is 17.7 Å². The van der Waals surface area contributed by atoms with Gasteiger partial charge >= 0.3 is 6.18 Å². The van der Waals surface area contributed by atoms with Crippen LogP contribution in [0.4, 0.5) is 13.2 Å². The highest BCUT2D eigenvalue weighted by molar-refractivity contribution is 6.26. The third-order valence-corrected chi connectivity index (χ3v) is 4.31. The average molecular weight is 346 g/mol. The second-order valence-electron chi connectivity index (χ2n) is 5.80.